The summed E-state index contributed by atoms with van der Waals surface area (Å²) < 4.78 is 44.2. The fourth-order valence-electron chi connectivity index (χ4n) is 1.03. The van der Waals surface area contributed by atoms with Gasteiger partial charge in [-0.05, 0) is 24.1 Å². The third kappa shape index (κ3) is 10.9. The standard InChI is InChI=1S/C9H12FN3O.H2O4S/c10-7-2-1-6(5-8(7)14)3-4-13-9(11)12;1-5(2,3)4/h1-2,5,14H,3-4H2,(H4,11,12,13);(H2,1,2,3,4). The maximum absolute atomic E-state index is 12.6. The summed E-state index contributed by atoms with van der Waals surface area (Å²) in [6.45, 7) is 0.424. The molecule has 0 bridgehead atoms. The second-order valence-corrected chi connectivity index (χ2v) is 4.19. The van der Waals surface area contributed by atoms with Crippen molar-refractivity contribution >= 4 is 16.4 Å². The van der Waals surface area contributed by atoms with Crippen LogP contribution in [0.25, 0.3) is 0 Å². The Morgan fingerprint density at radius 1 is 1.32 bits per heavy atom. The number of nitrogens with two attached hydrogens (primary N) is 2. The number of aromatic hydroxyl groups is 1. The van der Waals surface area contributed by atoms with Crippen LogP contribution in [-0.2, 0) is 16.8 Å². The molecule has 0 fully saturated rings. The van der Waals surface area contributed by atoms with Crippen LogP contribution >= 0.6 is 0 Å². The van der Waals surface area contributed by atoms with Crippen LogP contribution in [-0.4, -0.2) is 35.1 Å². The number of phenolic OH excluding ortho intramolecular Hbond substituents is 1. The predicted molar refractivity (Wildman–Crippen MR) is 66.6 cm³/mol. The van der Waals surface area contributed by atoms with Gasteiger partial charge in [0.25, 0.3) is 0 Å². The quantitative estimate of drug-likeness (QED) is 0.290. The molecule has 7 N–H and O–H groups in total. The van der Waals surface area contributed by atoms with Gasteiger partial charge in [-0.2, -0.15) is 8.42 Å². The van der Waals surface area contributed by atoms with Gasteiger partial charge < -0.3 is 16.6 Å². The van der Waals surface area contributed by atoms with E-state index in [-0.39, 0.29) is 11.7 Å². The van der Waals surface area contributed by atoms with Crippen LogP contribution < -0.4 is 11.5 Å². The highest BCUT2D eigenvalue weighted by Crippen LogP contribution is 2.16. The van der Waals surface area contributed by atoms with Crippen LogP contribution in [0.3, 0.4) is 0 Å². The van der Waals surface area contributed by atoms with Gasteiger partial charge in [0.2, 0.25) is 0 Å². The van der Waals surface area contributed by atoms with E-state index in [0.717, 1.165) is 5.56 Å². The summed E-state index contributed by atoms with van der Waals surface area (Å²) in [6, 6.07) is 4.15. The largest absolute Gasteiger partial charge is 0.505 e. The third-order valence-electron chi connectivity index (χ3n) is 1.71. The summed E-state index contributed by atoms with van der Waals surface area (Å²) in [6.07, 6.45) is 0.561. The van der Waals surface area contributed by atoms with Gasteiger partial charge in [-0.25, -0.2) is 4.39 Å². The molecule has 0 spiro atoms. The van der Waals surface area contributed by atoms with E-state index >= 15 is 0 Å². The lowest BCUT2D eigenvalue weighted by Gasteiger charge is -2.00. The van der Waals surface area contributed by atoms with Crippen molar-refractivity contribution in [3.63, 3.8) is 0 Å². The monoisotopic (exact) mass is 295 g/mol. The lowest BCUT2D eigenvalue weighted by molar-refractivity contribution is 0.381. The minimum Gasteiger partial charge on any atom is -0.505 e. The zero-order valence-corrected chi connectivity index (χ0v) is 10.5. The molecule has 0 aliphatic carbocycles. The van der Waals surface area contributed by atoms with Crippen LogP contribution in [0, 0.1) is 5.82 Å². The Morgan fingerprint density at radius 2 is 1.84 bits per heavy atom. The number of hydrogen-bond donors (Lipinski definition) is 5. The van der Waals surface area contributed by atoms with E-state index in [2.05, 4.69) is 4.99 Å². The highest BCUT2D eigenvalue weighted by molar-refractivity contribution is 7.79. The Kier molecular flexibility index (Phi) is 6.75. The van der Waals surface area contributed by atoms with Crippen molar-refractivity contribution in [1.29, 1.82) is 0 Å². The summed E-state index contributed by atoms with van der Waals surface area (Å²) in [5.74, 6) is -0.959. The molecule has 0 amide bonds. The van der Waals surface area contributed by atoms with E-state index in [9.17, 15) is 4.39 Å². The second-order valence-electron chi connectivity index (χ2n) is 3.29. The molecule has 0 unspecified atom stereocenters. The Balaban J connectivity index is 0.000000555. The van der Waals surface area contributed by atoms with Gasteiger partial charge in [-0.3, -0.25) is 14.1 Å². The van der Waals surface area contributed by atoms with Gasteiger partial charge >= 0.3 is 10.4 Å². The molecule has 10 heteroatoms. The van der Waals surface area contributed by atoms with E-state index in [1.807, 2.05) is 0 Å². The maximum atomic E-state index is 12.6. The third-order valence-corrected chi connectivity index (χ3v) is 1.71. The number of hydrogen-bond acceptors (Lipinski definition) is 4. The molecule has 8 nitrogen and oxygen atoms in total. The number of halogens is 1. The fraction of sp³-hybridized carbons (Fsp3) is 0.222. The molecule has 0 aliphatic rings. The molecule has 0 heterocycles. The molecule has 108 valence electrons. The van der Waals surface area contributed by atoms with E-state index < -0.39 is 16.2 Å². The molecule has 0 atom stereocenters. The minimum atomic E-state index is -4.67. The van der Waals surface area contributed by atoms with Crippen LogP contribution in [0.4, 0.5) is 4.39 Å². The molecule has 0 radical (unpaired) electrons. The smallest absolute Gasteiger partial charge is 0.394 e. The number of guanidine groups is 1. The van der Waals surface area contributed by atoms with Crippen molar-refractivity contribution < 1.29 is 27.0 Å². The molecule has 0 saturated heterocycles. The SMILES string of the molecule is NC(N)=NCCc1ccc(F)c(O)c1.O=S(=O)(O)O. The van der Waals surface area contributed by atoms with Crippen molar-refractivity contribution in [3.05, 3.63) is 29.6 Å². The lowest BCUT2D eigenvalue weighted by atomic mass is 10.1. The summed E-state index contributed by atoms with van der Waals surface area (Å²) in [5, 5.41) is 9.05. The molecular weight excluding hydrogens is 281 g/mol. The number of nitrogens with zero attached hydrogens (tertiary/aromatic N) is 1. The molecule has 1 rings (SSSR count). The molecular formula is C9H14FN3O5S. The number of phenols is 1. The van der Waals surface area contributed by atoms with Crippen LogP contribution in [0.5, 0.6) is 5.75 Å². The van der Waals surface area contributed by atoms with E-state index in [4.69, 9.17) is 34.1 Å². The molecule has 1 aromatic carbocycles. The topological polar surface area (TPSA) is 159 Å². The molecule has 0 aromatic heterocycles. The lowest BCUT2D eigenvalue weighted by Crippen LogP contribution is -2.23. The van der Waals surface area contributed by atoms with Gasteiger partial charge in [0.1, 0.15) is 0 Å². The highest BCUT2D eigenvalue weighted by Gasteiger charge is 2.00. The minimum absolute atomic E-state index is 0.0244. The average molecular weight is 295 g/mol. The van der Waals surface area contributed by atoms with E-state index in [0.29, 0.717) is 13.0 Å². The Morgan fingerprint density at radius 3 is 2.26 bits per heavy atom. The molecule has 0 saturated carbocycles. The van der Waals surface area contributed by atoms with Gasteiger partial charge in [-0.15, -0.1) is 0 Å². The van der Waals surface area contributed by atoms with Gasteiger partial charge in [-0.1, -0.05) is 6.07 Å². The van der Waals surface area contributed by atoms with Gasteiger partial charge in [0.15, 0.2) is 17.5 Å². The Labute approximate surface area is 109 Å². The fourth-order valence-corrected chi connectivity index (χ4v) is 1.03. The number of aliphatic imine (C=N–C) groups is 1. The first-order valence-electron chi connectivity index (χ1n) is 4.82. The zero-order valence-electron chi connectivity index (χ0n) is 9.69. The van der Waals surface area contributed by atoms with Crippen molar-refractivity contribution in [2.45, 2.75) is 6.42 Å². The maximum Gasteiger partial charge on any atom is 0.394 e. The van der Waals surface area contributed by atoms with E-state index in [1.54, 1.807) is 6.07 Å². The first kappa shape index (κ1) is 17.1. The summed E-state index contributed by atoms with van der Waals surface area (Å²) >= 11 is 0. The van der Waals surface area contributed by atoms with Crippen LogP contribution in [0.15, 0.2) is 23.2 Å². The molecule has 19 heavy (non-hydrogen) atoms. The first-order chi connectivity index (χ1) is 8.59. The van der Waals surface area contributed by atoms with Gasteiger partial charge in [0, 0.05) is 6.54 Å². The summed E-state index contributed by atoms with van der Waals surface area (Å²) in [4.78, 5) is 3.77. The van der Waals surface area contributed by atoms with Crippen molar-refractivity contribution in [1.82, 2.24) is 0 Å². The second kappa shape index (κ2) is 7.51. The normalized spacial score (nSPS) is 10.3. The predicted octanol–water partition coefficient (Wildman–Crippen LogP) is -0.306. The van der Waals surface area contributed by atoms with Crippen molar-refractivity contribution in [2.24, 2.45) is 16.5 Å². The number of benzene rings is 1. The highest BCUT2D eigenvalue weighted by atomic mass is 32.3. The van der Waals surface area contributed by atoms with Crippen LogP contribution in [0.1, 0.15) is 5.56 Å². The van der Waals surface area contributed by atoms with Crippen molar-refractivity contribution in [2.75, 3.05) is 6.54 Å². The summed E-state index contributed by atoms with van der Waals surface area (Å²) in [7, 11) is -4.67. The average Bonchev–Trinajstić information content (AvgIpc) is 2.20. The van der Waals surface area contributed by atoms with E-state index in [1.165, 1.54) is 12.1 Å². The zero-order chi connectivity index (χ0) is 15.1. The first-order valence-corrected chi connectivity index (χ1v) is 6.22. The summed E-state index contributed by atoms with van der Waals surface area (Å²) in [5.41, 5.74) is 11.0. The van der Waals surface area contributed by atoms with Crippen molar-refractivity contribution in [3.8, 4) is 5.75 Å². The van der Waals surface area contributed by atoms with Crippen LogP contribution in [0.2, 0.25) is 0 Å². The number of rotatable bonds is 3. The Hall–Kier alpha value is -1.91. The van der Waals surface area contributed by atoms with Gasteiger partial charge in [0.05, 0.1) is 0 Å². The molecule has 0 aliphatic heterocycles. The Bertz CT molecular complexity index is 535. The molecule has 1 aromatic rings.